The van der Waals surface area contributed by atoms with Gasteiger partial charge < -0.3 is 5.32 Å². The standard InChI is InChI=1S/C24H26N2O3S/c1-17-6-5-7-18(2)23(17)25-24(27)20-12-14-26(15-13-20)30(28,29)22-11-10-19-8-3-4-9-21(19)16-22/h3-11,16,20H,12-15H2,1-2H3,(H,25,27). The van der Waals surface area contributed by atoms with Crippen molar-refractivity contribution in [3.8, 4) is 0 Å². The molecule has 1 aliphatic heterocycles. The third-order valence-electron chi connectivity index (χ3n) is 5.91. The summed E-state index contributed by atoms with van der Waals surface area (Å²) in [5.74, 6) is -0.220. The van der Waals surface area contributed by atoms with Crippen molar-refractivity contribution in [1.29, 1.82) is 0 Å². The number of anilines is 1. The van der Waals surface area contributed by atoms with Crippen LogP contribution in [-0.2, 0) is 14.8 Å². The molecule has 30 heavy (non-hydrogen) atoms. The van der Waals surface area contributed by atoms with Crippen molar-refractivity contribution in [3.63, 3.8) is 0 Å². The number of fused-ring (bicyclic) bond motifs is 1. The van der Waals surface area contributed by atoms with Gasteiger partial charge in [-0.25, -0.2) is 8.42 Å². The molecule has 6 heteroatoms. The Labute approximate surface area is 177 Å². The Morgan fingerprint density at radius 3 is 2.20 bits per heavy atom. The molecule has 3 aromatic rings. The molecular formula is C24H26N2O3S. The lowest BCUT2D eigenvalue weighted by atomic mass is 9.96. The number of para-hydroxylation sites is 1. The van der Waals surface area contributed by atoms with Gasteiger partial charge in [0, 0.05) is 24.7 Å². The molecule has 5 nitrogen and oxygen atoms in total. The van der Waals surface area contributed by atoms with E-state index in [1.165, 1.54) is 4.31 Å². The molecule has 1 aliphatic rings. The first kappa shape index (κ1) is 20.6. The van der Waals surface area contributed by atoms with Gasteiger partial charge in [0.2, 0.25) is 15.9 Å². The van der Waals surface area contributed by atoms with Crippen LogP contribution in [0.1, 0.15) is 24.0 Å². The molecule has 1 heterocycles. The number of amides is 1. The fourth-order valence-electron chi connectivity index (χ4n) is 4.07. The highest BCUT2D eigenvalue weighted by Gasteiger charge is 2.32. The lowest BCUT2D eigenvalue weighted by molar-refractivity contribution is -0.120. The number of sulfonamides is 1. The zero-order valence-corrected chi connectivity index (χ0v) is 18.1. The van der Waals surface area contributed by atoms with Crippen LogP contribution in [0.2, 0.25) is 0 Å². The Morgan fingerprint density at radius 1 is 0.900 bits per heavy atom. The van der Waals surface area contributed by atoms with E-state index in [9.17, 15) is 13.2 Å². The lowest BCUT2D eigenvalue weighted by Crippen LogP contribution is -2.41. The van der Waals surface area contributed by atoms with Crippen LogP contribution in [0.15, 0.2) is 65.6 Å². The van der Waals surface area contributed by atoms with E-state index in [0.717, 1.165) is 27.6 Å². The molecule has 4 rings (SSSR count). The zero-order chi connectivity index (χ0) is 21.3. The van der Waals surface area contributed by atoms with Crippen LogP contribution in [0, 0.1) is 19.8 Å². The monoisotopic (exact) mass is 422 g/mol. The predicted octanol–water partition coefficient (Wildman–Crippen LogP) is 4.50. The van der Waals surface area contributed by atoms with Gasteiger partial charge in [-0.3, -0.25) is 4.79 Å². The zero-order valence-electron chi connectivity index (χ0n) is 17.3. The molecule has 1 fully saturated rings. The summed E-state index contributed by atoms with van der Waals surface area (Å²) < 4.78 is 27.7. The van der Waals surface area contributed by atoms with Crippen LogP contribution < -0.4 is 5.32 Å². The number of nitrogens with zero attached hydrogens (tertiary/aromatic N) is 1. The van der Waals surface area contributed by atoms with Crippen LogP contribution in [0.5, 0.6) is 0 Å². The summed E-state index contributed by atoms with van der Waals surface area (Å²) in [6, 6.07) is 18.9. The molecule has 0 saturated carbocycles. The Balaban J connectivity index is 1.45. The number of aryl methyl sites for hydroxylation is 2. The maximum absolute atomic E-state index is 13.1. The maximum atomic E-state index is 13.1. The topological polar surface area (TPSA) is 66.5 Å². The predicted molar refractivity (Wildman–Crippen MR) is 120 cm³/mol. The summed E-state index contributed by atoms with van der Waals surface area (Å²) in [6.07, 6.45) is 1.03. The minimum atomic E-state index is -3.57. The Kier molecular flexibility index (Phi) is 5.62. The molecule has 0 spiro atoms. The molecule has 0 aliphatic carbocycles. The number of hydrogen-bond acceptors (Lipinski definition) is 3. The van der Waals surface area contributed by atoms with Gasteiger partial charge in [-0.1, -0.05) is 48.5 Å². The Hall–Kier alpha value is -2.70. The van der Waals surface area contributed by atoms with Crippen LogP contribution in [0.3, 0.4) is 0 Å². The minimum absolute atomic E-state index is 0.0323. The summed E-state index contributed by atoms with van der Waals surface area (Å²) in [4.78, 5) is 13.1. The van der Waals surface area contributed by atoms with Crippen molar-refractivity contribution >= 4 is 32.4 Å². The number of piperidine rings is 1. The van der Waals surface area contributed by atoms with E-state index in [-0.39, 0.29) is 11.8 Å². The van der Waals surface area contributed by atoms with E-state index >= 15 is 0 Å². The number of nitrogens with one attached hydrogen (secondary N) is 1. The summed E-state index contributed by atoms with van der Waals surface area (Å²) in [5, 5.41) is 4.96. The van der Waals surface area contributed by atoms with Gasteiger partial charge in [0.1, 0.15) is 0 Å². The summed E-state index contributed by atoms with van der Waals surface area (Å²) in [6.45, 7) is 4.64. The first-order chi connectivity index (χ1) is 14.4. The average Bonchev–Trinajstić information content (AvgIpc) is 2.76. The minimum Gasteiger partial charge on any atom is -0.325 e. The summed E-state index contributed by atoms with van der Waals surface area (Å²) >= 11 is 0. The molecule has 1 amide bonds. The normalized spacial score (nSPS) is 15.9. The SMILES string of the molecule is Cc1cccc(C)c1NC(=O)C1CCN(S(=O)(=O)c2ccc3ccccc3c2)CC1. The van der Waals surface area contributed by atoms with Crippen molar-refractivity contribution < 1.29 is 13.2 Å². The third-order valence-corrected chi connectivity index (χ3v) is 7.81. The van der Waals surface area contributed by atoms with Crippen molar-refractivity contribution in [2.24, 2.45) is 5.92 Å². The fraction of sp³-hybridized carbons (Fsp3) is 0.292. The second-order valence-electron chi connectivity index (χ2n) is 7.94. The summed E-state index contributed by atoms with van der Waals surface area (Å²) in [5.41, 5.74) is 2.91. The summed E-state index contributed by atoms with van der Waals surface area (Å²) in [7, 11) is -3.57. The van der Waals surface area contributed by atoms with E-state index in [1.807, 2.05) is 62.4 Å². The van der Waals surface area contributed by atoms with E-state index in [0.29, 0.717) is 30.8 Å². The van der Waals surface area contributed by atoms with Gasteiger partial charge in [0.25, 0.3) is 0 Å². The Bertz CT molecular complexity index is 1180. The highest BCUT2D eigenvalue weighted by atomic mass is 32.2. The van der Waals surface area contributed by atoms with E-state index in [2.05, 4.69) is 5.32 Å². The lowest BCUT2D eigenvalue weighted by Gasteiger charge is -2.30. The van der Waals surface area contributed by atoms with E-state index in [4.69, 9.17) is 0 Å². The number of carbonyl (C=O) groups excluding carboxylic acids is 1. The maximum Gasteiger partial charge on any atom is 0.243 e. The molecular weight excluding hydrogens is 396 g/mol. The van der Waals surface area contributed by atoms with Crippen molar-refractivity contribution in [2.75, 3.05) is 18.4 Å². The van der Waals surface area contributed by atoms with Gasteiger partial charge in [0.05, 0.1) is 4.90 Å². The van der Waals surface area contributed by atoms with Crippen molar-refractivity contribution in [1.82, 2.24) is 4.31 Å². The molecule has 0 unspecified atom stereocenters. The molecule has 156 valence electrons. The molecule has 1 N–H and O–H groups in total. The second-order valence-corrected chi connectivity index (χ2v) is 9.88. The van der Waals surface area contributed by atoms with Crippen LogP contribution in [0.25, 0.3) is 10.8 Å². The van der Waals surface area contributed by atoms with Gasteiger partial charge in [-0.15, -0.1) is 0 Å². The molecule has 3 aromatic carbocycles. The molecule has 0 aromatic heterocycles. The highest BCUT2D eigenvalue weighted by Crippen LogP contribution is 2.28. The Morgan fingerprint density at radius 2 is 1.53 bits per heavy atom. The average molecular weight is 423 g/mol. The van der Waals surface area contributed by atoms with E-state index < -0.39 is 10.0 Å². The molecule has 0 radical (unpaired) electrons. The second kappa shape index (κ2) is 8.20. The van der Waals surface area contributed by atoms with E-state index in [1.54, 1.807) is 12.1 Å². The van der Waals surface area contributed by atoms with Gasteiger partial charge in [-0.05, 0) is 60.7 Å². The van der Waals surface area contributed by atoms with Crippen molar-refractivity contribution in [3.05, 3.63) is 71.8 Å². The fourth-order valence-corrected chi connectivity index (χ4v) is 5.58. The highest BCUT2D eigenvalue weighted by molar-refractivity contribution is 7.89. The first-order valence-electron chi connectivity index (χ1n) is 10.2. The number of rotatable bonds is 4. The van der Waals surface area contributed by atoms with Crippen LogP contribution in [0.4, 0.5) is 5.69 Å². The van der Waals surface area contributed by atoms with Gasteiger partial charge >= 0.3 is 0 Å². The van der Waals surface area contributed by atoms with Crippen LogP contribution in [-0.4, -0.2) is 31.7 Å². The first-order valence-corrected chi connectivity index (χ1v) is 11.7. The van der Waals surface area contributed by atoms with Gasteiger partial charge in [0.15, 0.2) is 0 Å². The molecule has 0 bridgehead atoms. The number of carbonyl (C=O) groups is 1. The van der Waals surface area contributed by atoms with Crippen LogP contribution >= 0.6 is 0 Å². The number of hydrogen-bond donors (Lipinski definition) is 1. The number of benzene rings is 3. The largest absolute Gasteiger partial charge is 0.325 e. The third kappa shape index (κ3) is 3.98. The van der Waals surface area contributed by atoms with Crippen molar-refractivity contribution in [2.45, 2.75) is 31.6 Å². The quantitative estimate of drug-likeness (QED) is 0.673. The molecule has 0 atom stereocenters. The smallest absolute Gasteiger partial charge is 0.243 e. The molecule has 1 saturated heterocycles. The van der Waals surface area contributed by atoms with Gasteiger partial charge in [-0.2, -0.15) is 4.31 Å².